The molecule has 7 heteroatoms. The molecular formula is C38H43EuNO3P2. The largest absolute Gasteiger partial charge is 0.393 e. The van der Waals surface area contributed by atoms with Crippen LogP contribution in [-0.4, -0.2) is 22.4 Å². The van der Waals surface area contributed by atoms with Crippen LogP contribution in [0.3, 0.4) is 0 Å². The third-order valence-electron chi connectivity index (χ3n) is 7.43. The first-order chi connectivity index (χ1) is 21.1. The zero-order chi connectivity index (χ0) is 31.6. The minimum atomic E-state index is -3.37. The average molecular weight is 776 g/mol. The molecular weight excluding hydrogens is 732 g/mol. The molecule has 0 saturated heterocycles. The van der Waals surface area contributed by atoms with Gasteiger partial charge in [-0.1, -0.05) is 148 Å². The van der Waals surface area contributed by atoms with Crippen LogP contribution in [0.15, 0.2) is 156 Å². The standard InChI is InChI=1S/C30H25NOP2.C8H18O2.Eu/c32-34(29-22-12-4-13-23-29,30-24-14-5-15-25-30)31-33(26-16-6-1-7-17-26,27-18-8-2-9-19-27)28-20-10-3-11-21-28;1-6(9)5-7(10)8(2,3)4;/h1-25H;6-7,9-10H,5H2,1-4H3;. The van der Waals surface area contributed by atoms with Crippen molar-refractivity contribution in [2.45, 2.75) is 46.3 Å². The fourth-order valence-corrected chi connectivity index (χ4v) is 12.6. The molecule has 5 aromatic carbocycles. The fourth-order valence-electron chi connectivity index (χ4n) is 4.91. The van der Waals surface area contributed by atoms with Crippen molar-refractivity contribution in [2.75, 3.05) is 0 Å². The van der Waals surface area contributed by atoms with Crippen LogP contribution in [0.1, 0.15) is 34.1 Å². The summed E-state index contributed by atoms with van der Waals surface area (Å²) in [5.74, 6) is 0. The zero-order valence-corrected chi connectivity index (χ0v) is 30.5. The minimum Gasteiger partial charge on any atom is -0.393 e. The Balaban J connectivity index is 0.000000436. The van der Waals surface area contributed by atoms with Gasteiger partial charge in [-0.25, -0.2) is 4.52 Å². The van der Waals surface area contributed by atoms with Crippen LogP contribution < -0.4 is 26.5 Å². The van der Waals surface area contributed by atoms with Crippen LogP contribution in [0, 0.1) is 54.8 Å². The number of aliphatic hydroxyl groups is 2. The number of aliphatic hydroxyl groups excluding tert-OH is 2. The summed E-state index contributed by atoms with van der Waals surface area (Å²) in [6.45, 7) is 7.56. The zero-order valence-electron chi connectivity index (χ0n) is 26.3. The topological polar surface area (TPSA) is 69.9 Å². The van der Waals surface area contributed by atoms with E-state index < -0.39 is 26.6 Å². The summed E-state index contributed by atoms with van der Waals surface area (Å²) in [5.41, 5.74) is -0.114. The maximum Gasteiger partial charge on any atom is 0.247 e. The molecule has 2 N–H and O–H groups in total. The van der Waals surface area contributed by atoms with Crippen LogP contribution in [0.5, 0.6) is 0 Å². The summed E-state index contributed by atoms with van der Waals surface area (Å²) < 4.78 is 20.8. The molecule has 0 amide bonds. The van der Waals surface area contributed by atoms with Crippen molar-refractivity contribution in [3.63, 3.8) is 0 Å². The van der Waals surface area contributed by atoms with Crippen LogP contribution >= 0.6 is 14.3 Å². The van der Waals surface area contributed by atoms with Gasteiger partial charge in [-0.3, -0.25) is 4.57 Å². The van der Waals surface area contributed by atoms with E-state index in [9.17, 15) is 5.11 Å². The SMILES string of the molecule is CC(O)CC(O)C(C)(C)C.O=P(N=P(c1ccccc1)(c1ccccc1)c1ccccc1)(c1ccccc1)c1ccccc1.[Eu]. The Bertz CT molecular complexity index is 1530. The molecule has 2 unspecified atom stereocenters. The van der Waals surface area contributed by atoms with Crippen LogP contribution in [0.4, 0.5) is 0 Å². The van der Waals surface area contributed by atoms with E-state index in [1.165, 1.54) is 0 Å². The molecule has 5 aromatic rings. The van der Waals surface area contributed by atoms with E-state index in [0.29, 0.717) is 6.42 Å². The van der Waals surface area contributed by atoms with Gasteiger partial charge in [0.1, 0.15) is 0 Å². The number of nitrogens with zero attached hydrogens (tertiary/aromatic N) is 1. The van der Waals surface area contributed by atoms with Crippen molar-refractivity contribution in [1.29, 1.82) is 0 Å². The van der Waals surface area contributed by atoms with Crippen molar-refractivity contribution in [3.05, 3.63) is 152 Å². The molecule has 0 fully saturated rings. The van der Waals surface area contributed by atoms with Gasteiger partial charge < -0.3 is 10.2 Å². The predicted molar refractivity (Wildman–Crippen MR) is 189 cm³/mol. The second-order valence-corrected chi connectivity index (χ2v) is 17.7. The van der Waals surface area contributed by atoms with E-state index in [1.807, 2.05) is 136 Å². The quantitative estimate of drug-likeness (QED) is 0.163. The number of benzene rings is 5. The van der Waals surface area contributed by atoms with Gasteiger partial charge in [0, 0.05) is 75.9 Å². The van der Waals surface area contributed by atoms with Gasteiger partial charge in [0.05, 0.1) is 19.3 Å². The van der Waals surface area contributed by atoms with E-state index in [-0.39, 0.29) is 54.8 Å². The molecule has 0 aliphatic rings. The Hall–Kier alpha value is -1.94. The molecule has 1 radical (unpaired) electrons. The normalized spacial score (nSPS) is 12.9. The second kappa shape index (κ2) is 17.3. The monoisotopic (exact) mass is 776 g/mol. The smallest absolute Gasteiger partial charge is 0.247 e. The maximum absolute atomic E-state index is 15.2. The molecule has 0 bridgehead atoms. The van der Waals surface area contributed by atoms with Gasteiger partial charge in [-0.15, -0.1) is 0 Å². The van der Waals surface area contributed by atoms with Crippen LogP contribution in [0.2, 0.25) is 0 Å². The Kier molecular flexibility index (Phi) is 14.4. The van der Waals surface area contributed by atoms with E-state index in [4.69, 9.17) is 9.62 Å². The predicted octanol–water partition coefficient (Wildman–Crippen LogP) is 7.26. The van der Waals surface area contributed by atoms with Crippen molar-refractivity contribution in [3.8, 4) is 0 Å². The molecule has 5 rings (SSSR count). The first-order valence-corrected chi connectivity index (χ1v) is 18.4. The first-order valence-electron chi connectivity index (χ1n) is 15.0. The van der Waals surface area contributed by atoms with E-state index in [2.05, 4.69) is 36.4 Å². The fraction of sp³-hybridized carbons (Fsp3) is 0.211. The molecule has 0 aromatic heterocycles. The van der Waals surface area contributed by atoms with Crippen LogP contribution in [-0.2, 0) is 4.57 Å². The summed E-state index contributed by atoms with van der Waals surface area (Å²) in [6.07, 6.45) is -0.356. The summed E-state index contributed by atoms with van der Waals surface area (Å²) in [5, 5.41) is 23.1. The van der Waals surface area contributed by atoms with Crippen molar-refractivity contribution < 1.29 is 64.2 Å². The van der Waals surface area contributed by atoms with Gasteiger partial charge in [-0.2, -0.15) is 0 Å². The molecule has 45 heavy (non-hydrogen) atoms. The molecule has 2 atom stereocenters. The average Bonchev–Trinajstić information content (AvgIpc) is 3.05. The summed E-state index contributed by atoms with van der Waals surface area (Å²) in [4.78, 5) is 0. The molecule has 0 heterocycles. The molecule has 0 aliphatic heterocycles. The van der Waals surface area contributed by atoms with Crippen LogP contribution in [0.25, 0.3) is 0 Å². The third kappa shape index (κ3) is 9.55. The van der Waals surface area contributed by atoms with Gasteiger partial charge >= 0.3 is 0 Å². The molecule has 0 saturated carbocycles. The number of hydrogen-bond acceptors (Lipinski definition) is 3. The second-order valence-electron chi connectivity index (χ2n) is 11.9. The Morgan fingerprint density at radius 3 is 1.04 bits per heavy atom. The van der Waals surface area contributed by atoms with Crippen molar-refractivity contribution in [1.82, 2.24) is 0 Å². The van der Waals surface area contributed by atoms with E-state index >= 15 is 4.57 Å². The number of rotatable bonds is 8. The van der Waals surface area contributed by atoms with Gasteiger partial charge in [-0.05, 0) is 43.0 Å². The Morgan fingerprint density at radius 1 is 0.556 bits per heavy atom. The van der Waals surface area contributed by atoms with Crippen molar-refractivity contribution >= 4 is 40.9 Å². The molecule has 235 valence electrons. The van der Waals surface area contributed by atoms with Crippen molar-refractivity contribution in [2.24, 2.45) is 9.93 Å². The molecule has 0 spiro atoms. The number of hydrogen-bond donors (Lipinski definition) is 2. The Labute approximate surface area is 310 Å². The van der Waals surface area contributed by atoms with E-state index in [1.54, 1.807) is 6.92 Å². The third-order valence-corrected chi connectivity index (χ3v) is 14.6. The van der Waals surface area contributed by atoms with E-state index in [0.717, 1.165) is 26.5 Å². The summed E-state index contributed by atoms with van der Waals surface area (Å²) >= 11 is 0. The first kappa shape index (κ1) is 37.5. The summed E-state index contributed by atoms with van der Waals surface area (Å²) in [7, 11) is -6.01. The van der Waals surface area contributed by atoms with Gasteiger partial charge in [0.2, 0.25) is 7.29 Å². The maximum atomic E-state index is 15.2. The summed E-state index contributed by atoms with van der Waals surface area (Å²) in [6, 6.07) is 50.4. The molecule has 0 aliphatic carbocycles. The minimum absolute atomic E-state index is 0. The van der Waals surface area contributed by atoms with Gasteiger partial charge in [0.25, 0.3) is 0 Å². The molecule has 4 nitrogen and oxygen atoms in total. The Morgan fingerprint density at radius 2 is 0.822 bits per heavy atom. The van der Waals surface area contributed by atoms with Gasteiger partial charge in [0.15, 0.2) is 0 Å².